The zero-order valence-electron chi connectivity index (χ0n) is 12.9. The van der Waals surface area contributed by atoms with Crippen LogP contribution in [0.25, 0.3) is 0 Å². The topological polar surface area (TPSA) is 93.0 Å². The van der Waals surface area contributed by atoms with Crippen molar-refractivity contribution in [3.63, 3.8) is 0 Å². The zero-order chi connectivity index (χ0) is 16.8. The summed E-state index contributed by atoms with van der Waals surface area (Å²) < 4.78 is 1.08. The van der Waals surface area contributed by atoms with E-state index in [1.807, 2.05) is 24.3 Å². The molecule has 2 N–H and O–H groups in total. The van der Waals surface area contributed by atoms with E-state index in [9.17, 15) is 10.1 Å². The standard InChI is InChI=1S/C15H18IN5O2/c1-10(2)7-8-17-14-13(21(22)23)15(19-9-18-14)20-12-5-3-11(16)4-6-12/h3-6,9-10H,7-8H2,1-2H3,(H2,17,18,19,20). The van der Waals surface area contributed by atoms with E-state index in [-0.39, 0.29) is 17.3 Å². The SMILES string of the molecule is CC(C)CCNc1ncnc(Nc2ccc(I)cc2)c1[N+](=O)[O-]. The number of benzene rings is 1. The van der Waals surface area contributed by atoms with Gasteiger partial charge in [0.25, 0.3) is 0 Å². The second-order valence-electron chi connectivity index (χ2n) is 5.42. The number of halogens is 1. The van der Waals surface area contributed by atoms with Crippen molar-refractivity contribution in [1.29, 1.82) is 0 Å². The molecule has 0 spiro atoms. The van der Waals surface area contributed by atoms with Gasteiger partial charge in [-0.05, 0) is 59.2 Å². The lowest BCUT2D eigenvalue weighted by atomic mass is 10.1. The van der Waals surface area contributed by atoms with Crippen molar-refractivity contribution in [2.45, 2.75) is 20.3 Å². The van der Waals surface area contributed by atoms with E-state index in [1.54, 1.807) is 0 Å². The summed E-state index contributed by atoms with van der Waals surface area (Å²) in [6.45, 7) is 4.82. The third-order valence-corrected chi connectivity index (χ3v) is 3.85. The Morgan fingerprint density at radius 2 is 1.87 bits per heavy atom. The Bertz CT molecular complexity index is 676. The summed E-state index contributed by atoms with van der Waals surface area (Å²) in [5, 5.41) is 17.4. The molecule has 7 nitrogen and oxygen atoms in total. The number of hydrogen-bond acceptors (Lipinski definition) is 6. The van der Waals surface area contributed by atoms with E-state index >= 15 is 0 Å². The monoisotopic (exact) mass is 427 g/mol. The van der Waals surface area contributed by atoms with E-state index in [1.165, 1.54) is 6.33 Å². The number of nitrogens with one attached hydrogen (secondary N) is 2. The molecule has 0 amide bonds. The Balaban J connectivity index is 2.24. The van der Waals surface area contributed by atoms with Crippen molar-refractivity contribution in [1.82, 2.24) is 9.97 Å². The van der Waals surface area contributed by atoms with Gasteiger partial charge in [-0.1, -0.05) is 13.8 Å². The number of hydrogen-bond donors (Lipinski definition) is 2. The summed E-state index contributed by atoms with van der Waals surface area (Å²) in [5.74, 6) is 0.921. The molecule has 0 saturated heterocycles. The van der Waals surface area contributed by atoms with Crippen LogP contribution in [0, 0.1) is 19.6 Å². The van der Waals surface area contributed by atoms with Crippen molar-refractivity contribution in [2.75, 3.05) is 17.2 Å². The summed E-state index contributed by atoms with van der Waals surface area (Å²) in [7, 11) is 0. The normalized spacial score (nSPS) is 10.6. The van der Waals surface area contributed by atoms with Gasteiger partial charge in [-0.2, -0.15) is 0 Å². The predicted molar refractivity (Wildman–Crippen MR) is 99.1 cm³/mol. The largest absolute Gasteiger partial charge is 0.364 e. The number of anilines is 3. The fourth-order valence-corrected chi connectivity index (χ4v) is 2.28. The Labute approximate surface area is 148 Å². The number of nitro groups is 1. The quantitative estimate of drug-likeness (QED) is 0.391. The van der Waals surface area contributed by atoms with Gasteiger partial charge in [-0.3, -0.25) is 10.1 Å². The molecule has 23 heavy (non-hydrogen) atoms. The molecule has 0 fully saturated rings. The third-order valence-electron chi connectivity index (χ3n) is 3.13. The smallest absolute Gasteiger partial charge is 0.353 e. The highest BCUT2D eigenvalue weighted by atomic mass is 127. The second-order valence-corrected chi connectivity index (χ2v) is 6.66. The molecule has 1 aromatic heterocycles. The first kappa shape index (κ1) is 17.4. The molecule has 0 atom stereocenters. The van der Waals surface area contributed by atoms with Gasteiger partial charge in [0.15, 0.2) is 0 Å². The number of nitrogens with zero attached hydrogens (tertiary/aromatic N) is 3. The van der Waals surface area contributed by atoms with Gasteiger partial charge in [-0.15, -0.1) is 0 Å². The number of aromatic nitrogens is 2. The van der Waals surface area contributed by atoms with Crippen LogP contribution in [-0.2, 0) is 0 Å². The van der Waals surface area contributed by atoms with E-state index in [2.05, 4.69) is 57.0 Å². The van der Waals surface area contributed by atoms with Gasteiger partial charge in [0.05, 0.1) is 4.92 Å². The predicted octanol–water partition coefficient (Wildman–Crippen LogP) is 4.19. The van der Waals surface area contributed by atoms with E-state index in [0.29, 0.717) is 12.5 Å². The van der Waals surface area contributed by atoms with E-state index in [4.69, 9.17) is 0 Å². The maximum absolute atomic E-state index is 11.4. The average molecular weight is 427 g/mol. The van der Waals surface area contributed by atoms with Crippen LogP contribution < -0.4 is 10.6 Å². The molecule has 2 rings (SSSR count). The molecule has 0 saturated carbocycles. The molecule has 8 heteroatoms. The van der Waals surface area contributed by atoms with Crippen LogP contribution >= 0.6 is 22.6 Å². The molecular formula is C15H18IN5O2. The fraction of sp³-hybridized carbons (Fsp3) is 0.333. The lowest BCUT2D eigenvalue weighted by molar-refractivity contribution is -0.383. The van der Waals surface area contributed by atoms with Crippen LogP contribution in [0.1, 0.15) is 20.3 Å². The van der Waals surface area contributed by atoms with Crippen LogP contribution in [0.5, 0.6) is 0 Å². The van der Waals surface area contributed by atoms with Gasteiger partial charge in [0, 0.05) is 15.8 Å². The summed E-state index contributed by atoms with van der Waals surface area (Å²) in [6, 6.07) is 7.52. The summed E-state index contributed by atoms with van der Waals surface area (Å²) in [5.41, 5.74) is 0.593. The Hall–Kier alpha value is -1.97. The Morgan fingerprint density at radius 1 is 1.22 bits per heavy atom. The Morgan fingerprint density at radius 3 is 2.48 bits per heavy atom. The van der Waals surface area contributed by atoms with Crippen LogP contribution in [0.4, 0.5) is 23.0 Å². The van der Waals surface area contributed by atoms with Gasteiger partial charge >= 0.3 is 5.69 Å². The molecule has 1 aromatic carbocycles. The van der Waals surface area contributed by atoms with Crippen molar-refractivity contribution >= 4 is 45.6 Å². The minimum Gasteiger partial charge on any atom is -0.364 e. The first-order valence-electron chi connectivity index (χ1n) is 7.23. The van der Waals surface area contributed by atoms with Crippen molar-refractivity contribution in [3.05, 3.63) is 44.3 Å². The highest BCUT2D eigenvalue weighted by Crippen LogP contribution is 2.31. The molecule has 0 radical (unpaired) electrons. The molecule has 0 bridgehead atoms. The van der Waals surface area contributed by atoms with Gasteiger partial charge < -0.3 is 10.6 Å². The van der Waals surface area contributed by atoms with E-state index in [0.717, 1.165) is 15.7 Å². The van der Waals surface area contributed by atoms with Crippen LogP contribution in [-0.4, -0.2) is 21.4 Å². The lowest BCUT2D eigenvalue weighted by Crippen LogP contribution is -2.10. The minimum absolute atomic E-state index is 0.144. The maximum atomic E-state index is 11.4. The molecule has 0 aliphatic carbocycles. The first-order chi connectivity index (χ1) is 11.0. The molecule has 1 heterocycles. The molecule has 0 aliphatic rings. The fourth-order valence-electron chi connectivity index (χ4n) is 1.92. The molecule has 122 valence electrons. The highest BCUT2D eigenvalue weighted by Gasteiger charge is 2.22. The molecule has 0 unspecified atom stereocenters. The highest BCUT2D eigenvalue weighted by molar-refractivity contribution is 14.1. The van der Waals surface area contributed by atoms with Crippen LogP contribution in [0.15, 0.2) is 30.6 Å². The molecule has 2 aromatic rings. The second kappa shape index (κ2) is 8.04. The summed E-state index contributed by atoms with van der Waals surface area (Å²) >= 11 is 2.20. The van der Waals surface area contributed by atoms with Gasteiger partial charge in [0.1, 0.15) is 6.33 Å². The third kappa shape index (κ3) is 5.02. The van der Waals surface area contributed by atoms with E-state index < -0.39 is 4.92 Å². The minimum atomic E-state index is -0.466. The van der Waals surface area contributed by atoms with Crippen LogP contribution in [0.2, 0.25) is 0 Å². The van der Waals surface area contributed by atoms with Crippen LogP contribution in [0.3, 0.4) is 0 Å². The first-order valence-corrected chi connectivity index (χ1v) is 8.31. The van der Waals surface area contributed by atoms with Gasteiger partial charge in [0.2, 0.25) is 11.6 Å². The maximum Gasteiger partial charge on any atom is 0.353 e. The van der Waals surface area contributed by atoms with Crippen molar-refractivity contribution < 1.29 is 4.92 Å². The average Bonchev–Trinajstić information content (AvgIpc) is 2.49. The number of rotatable bonds is 7. The molecule has 0 aliphatic heterocycles. The summed E-state index contributed by atoms with van der Waals surface area (Å²) in [4.78, 5) is 19.0. The zero-order valence-corrected chi connectivity index (χ0v) is 15.1. The Kier molecular flexibility index (Phi) is 6.08. The van der Waals surface area contributed by atoms with Crippen molar-refractivity contribution in [2.24, 2.45) is 5.92 Å². The molecular weight excluding hydrogens is 409 g/mol. The van der Waals surface area contributed by atoms with Gasteiger partial charge in [-0.25, -0.2) is 9.97 Å². The van der Waals surface area contributed by atoms with Crippen molar-refractivity contribution in [3.8, 4) is 0 Å². The lowest BCUT2D eigenvalue weighted by Gasteiger charge is -2.11. The summed E-state index contributed by atoms with van der Waals surface area (Å²) in [6.07, 6.45) is 2.22.